The number of hydrogen-bond acceptors (Lipinski definition) is 3. The van der Waals surface area contributed by atoms with E-state index in [-0.39, 0.29) is 37.5 Å². The molecule has 0 amide bonds. The molecule has 0 fully saturated rings. The summed E-state index contributed by atoms with van der Waals surface area (Å²) in [5.41, 5.74) is 5.18. The predicted molar refractivity (Wildman–Crippen MR) is 73.2 cm³/mol. The second-order valence-corrected chi connectivity index (χ2v) is 3.81. The average Bonchev–Trinajstić information content (AvgIpc) is 2.28. The first-order valence-electron chi connectivity index (χ1n) is 5.56. The van der Waals surface area contributed by atoms with Crippen LogP contribution >= 0.6 is 12.4 Å². The van der Waals surface area contributed by atoms with Crippen molar-refractivity contribution in [2.24, 2.45) is 5.73 Å². The number of nitrogens with two attached hydrogens (primary N) is 1. The second-order valence-electron chi connectivity index (χ2n) is 3.81. The summed E-state index contributed by atoms with van der Waals surface area (Å²) in [6.07, 6.45) is 1.42. The summed E-state index contributed by atoms with van der Waals surface area (Å²) in [7, 11) is 0. The maximum absolute atomic E-state index is 13.0. The van der Waals surface area contributed by atoms with Gasteiger partial charge in [-0.05, 0) is 44.2 Å². The van der Waals surface area contributed by atoms with Gasteiger partial charge in [-0.25, -0.2) is 4.39 Å². The number of benzene rings is 1. The quantitative estimate of drug-likeness (QED) is 0.868. The SMILES string of the molecule is CC(C)Oc1ccc(OC/C(F)=C\CN)cc1.Cl. The van der Waals surface area contributed by atoms with Crippen LogP contribution in [0.1, 0.15) is 13.8 Å². The summed E-state index contributed by atoms with van der Waals surface area (Å²) in [4.78, 5) is 0. The van der Waals surface area contributed by atoms with Gasteiger partial charge >= 0.3 is 0 Å². The van der Waals surface area contributed by atoms with E-state index in [2.05, 4.69) is 0 Å². The number of ether oxygens (including phenoxy) is 2. The highest BCUT2D eigenvalue weighted by molar-refractivity contribution is 5.85. The molecule has 0 aliphatic rings. The Morgan fingerprint density at radius 2 is 1.83 bits per heavy atom. The van der Waals surface area contributed by atoms with Crippen molar-refractivity contribution in [3.8, 4) is 11.5 Å². The zero-order chi connectivity index (χ0) is 12.7. The van der Waals surface area contributed by atoms with E-state index in [1.54, 1.807) is 24.3 Å². The van der Waals surface area contributed by atoms with Gasteiger partial charge in [0.2, 0.25) is 0 Å². The van der Waals surface area contributed by atoms with Crippen molar-refractivity contribution in [1.82, 2.24) is 0 Å². The summed E-state index contributed by atoms with van der Waals surface area (Å²) >= 11 is 0. The van der Waals surface area contributed by atoms with Gasteiger partial charge in [-0.2, -0.15) is 0 Å². The van der Waals surface area contributed by atoms with Gasteiger partial charge in [-0.1, -0.05) is 0 Å². The first-order chi connectivity index (χ1) is 8.11. The third-order valence-corrected chi connectivity index (χ3v) is 1.91. The van der Waals surface area contributed by atoms with E-state index >= 15 is 0 Å². The topological polar surface area (TPSA) is 44.5 Å². The van der Waals surface area contributed by atoms with Crippen molar-refractivity contribution >= 4 is 12.4 Å². The van der Waals surface area contributed by atoms with Crippen LogP contribution in [0.5, 0.6) is 11.5 Å². The fraction of sp³-hybridized carbons (Fsp3) is 0.385. The zero-order valence-electron chi connectivity index (χ0n) is 10.6. The van der Waals surface area contributed by atoms with Gasteiger partial charge in [-0.3, -0.25) is 0 Å². The van der Waals surface area contributed by atoms with E-state index in [0.29, 0.717) is 5.75 Å². The Labute approximate surface area is 113 Å². The van der Waals surface area contributed by atoms with Gasteiger partial charge in [0, 0.05) is 6.54 Å². The summed E-state index contributed by atoms with van der Waals surface area (Å²) in [5, 5.41) is 0. The molecule has 1 aromatic rings. The lowest BCUT2D eigenvalue weighted by molar-refractivity contribution is 0.241. The molecule has 5 heteroatoms. The molecule has 0 bridgehead atoms. The highest BCUT2D eigenvalue weighted by Gasteiger charge is 2.00. The Morgan fingerprint density at radius 3 is 2.33 bits per heavy atom. The lowest BCUT2D eigenvalue weighted by Crippen LogP contribution is -2.05. The van der Waals surface area contributed by atoms with Gasteiger partial charge in [0.1, 0.15) is 23.9 Å². The lowest BCUT2D eigenvalue weighted by atomic mass is 10.3. The minimum atomic E-state index is -0.366. The van der Waals surface area contributed by atoms with E-state index in [1.807, 2.05) is 13.8 Å². The largest absolute Gasteiger partial charge is 0.491 e. The van der Waals surface area contributed by atoms with Crippen molar-refractivity contribution in [3.05, 3.63) is 36.2 Å². The van der Waals surface area contributed by atoms with Crippen LogP contribution in [0.15, 0.2) is 36.2 Å². The summed E-state index contributed by atoms with van der Waals surface area (Å²) in [6, 6.07) is 7.07. The average molecular weight is 276 g/mol. The van der Waals surface area contributed by atoms with Crippen LogP contribution < -0.4 is 15.2 Å². The molecular weight excluding hydrogens is 257 g/mol. The molecule has 0 unspecified atom stereocenters. The molecule has 18 heavy (non-hydrogen) atoms. The maximum atomic E-state index is 13.0. The van der Waals surface area contributed by atoms with Crippen molar-refractivity contribution in [1.29, 1.82) is 0 Å². The van der Waals surface area contributed by atoms with Gasteiger partial charge in [0.15, 0.2) is 0 Å². The Kier molecular flexibility index (Phi) is 8.16. The maximum Gasteiger partial charge on any atom is 0.139 e. The minimum absolute atomic E-state index is 0. The molecule has 1 rings (SSSR count). The van der Waals surface area contributed by atoms with Crippen LogP contribution in [0.3, 0.4) is 0 Å². The molecule has 0 aromatic heterocycles. The van der Waals surface area contributed by atoms with Crippen LogP contribution in [-0.2, 0) is 0 Å². The zero-order valence-corrected chi connectivity index (χ0v) is 11.4. The molecule has 0 saturated carbocycles. The highest BCUT2D eigenvalue weighted by atomic mass is 35.5. The third kappa shape index (κ3) is 6.47. The Hall–Kier alpha value is -1.26. The van der Waals surface area contributed by atoms with Gasteiger partial charge in [0.05, 0.1) is 6.10 Å². The smallest absolute Gasteiger partial charge is 0.139 e. The second kappa shape index (κ2) is 8.78. The van der Waals surface area contributed by atoms with Crippen LogP contribution in [-0.4, -0.2) is 19.3 Å². The van der Waals surface area contributed by atoms with Crippen molar-refractivity contribution in [2.45, 2.75) is 20.0 Å². The lowest BCUT2D eigenvalue weighted by Gasteiger charge is -2.10. The fourth-order valence-electron chi connectivity index (χ4n) is 1.23. The Bertz CT molecular complexity index is 366. The molecule has 0 heterocycles. The van der Waals surface area contributed by atoms with Crippen molar-refractivity contribution in [3.63, 3.8) is 0 Å². The molecular formula is C13H19ClFNO2. The highest BCUT2D eigenvalue weighted by Crippen LogP contribution is 2.19. The van der Waals surface area contributed by atoms with E-state index < -0.39 is 0 Å². The Morgan fingerprint density at radius 1 is 1.28 bits per heavy atom. The summed E-state index contributed by atoms with van der Waals surface area (Å²) < 4.78 is 23.7. The first kappa shape index (κ1) is 16.7. The van der Waals surface area contributed by atoms with Crippen LogP contribution in [0.2, 0.25) is 0 Å². The normalized spacial score (nSPS) is 11.1. The molecule has 0 aliphatic carbocycles. The summed E-state index contributed by atoms with van der Waals surface area (Å²) in [5.74, 6) is 1.00. The minimum Gasteiger partial charge on any atom is -0.491 e. The predicted octanol–water partition coefficient (Wildman–Crippen LogP) is 3.09. The van der Waals surface area contributed by atoms with Crippen LogP contribution in [0.25, 0.3) is 0 Å². The van der Waals surface area contributed by atoms with Gasteiger partial charge in [0.25, 0.3) is 0 Å². The molecule has 0 spiro atoms. The van der Waals surface area contributed by atoms with E-state index in [1.165, 1.54) is 6.08 Å². The standard InChI is InChI=1S/C13H18FNO2.ClH/c1-10(2)17-13-5-3-12(4-6-13)16-9-11(14)7-8-15;/h3-7,10H,8-9,15H2,1-2H3;1H/b11-7+;. The van der Waals surface area contributed by atoms with Gasteiger partial charge < -0.3 is 15.2 Å². The molecule has 0 aliphatic heterocycles. The first-order valence-corrected chi connectivity index (χ1v) is 5.56. The fourth-order valence-corrected chi connectivity index (χ4v) is 1.23. The number of halogens is 2. The van der Waals surface area contributed by atoms with E-state index in [9.17, 15) is 4.39 Å². The molecule has 3 nitrogen and oxygen atoms in total. The molecule has 0 saturated heterocycles. The number of hydrogen-bond donors (Lipinski definition) is 1. The summed E-state index contributed by atoms with van der Waals surface area (Å²) in [6.45, 7) is 3.99. The molecule has 102 valence electrons. The molecule has 2 N–H and O–H groups in total. The van der Waals surface area contributed by atoms with Crippen molar-refractivity contribution in [2.75, 3.05) is 13.2 Å². The van der Waals surface area contributed by atoms with Crippen LogP contribution in [0.4, 0.5) is 4.39 Å². The van der Waals surface area contributed by atoms with E-state index in [0.717, 1.165) is 5.75 Å². The van der Waals surface area contributed by atoms with Crippen LogP contribution in [0, 0.1) is 0 Å². The monoisotopic (exact) mass is 275 g/mol. The third-order valence-electron chi connectivity index (χ3n) is 1.91. The van der Waals surface area contributed by atoms with E-state index in [4.69, 9.17) is 15.2 Å². The van der Waals surface area contributed by atoms with Crippen molar-refractivity contribution < 1.29 is 13.9 Å². The molecule has 0 atom stereocenters. The molecule has 0 radical (unpaired) electrons. The van der Waals surface area contributed by atoms with Gasteiger partial charge in [-0.15, -0.1) is 12.4 Å². The Balaban J connectivity index is 0.00000289. The molecule has 1 aromatic carbocycles. The number of rotatable bonds is 6.